The molecule has 8 atom stereocenters. The highest BCUT2D eigenvalue weighted by atomic mass is 32.2. The Balaban J connectivity index is 1.30. The fourth-order valence-electron chi connectivity index (χ4n) is 6.05. The Bertz CT molecular complexity index is 834. The van der Waals surface area contributed by atoms with Crippen LogP contribution in [-0.4, -0.2) is 34.8 Å². The predicted molar refractivity (Wildman–Crippen MR) is 119 cm³/mol. The van der Waals surface area contributed by atoms with Gasteiger partial charge in [0.25, 0.3) is 0 Å². The summed E-state index contributed by atoms with van der Waals surface area (Å²) in [5.41, 5.74) is 1.32. The van der Waals surface area contributed by atoms with Crippen LogP contribution in [0.15, 0.2) is 24.3 Å². The zero-order chi connectivity index (χ0) is 21.8. The van der Waals surface area contributed by atoms with Gasteiger partial charge in [-0.1, -0.05) is 31.5 Å². The third kappa shape index (κ3) is 3.72. The summed E-state index contributed by atoms with van der Waals surface area (Å²) in [6.07, 6.45) is 3.62. The van der Waals surface area contributed by atoms with Gasteiger partial charge in [-0.15, -0.1) is 11.8 Å². The number of aryl methyl sites for hydroxylation is 1. The molecule has 1 aromatic rings. The average Bonchev–Trinajstić information content (AvgIpc) is 2.97. The normalized spacial score (nSPS) is 43.7. The summed E-state index contributed by atoms with van der Waals surface area (Å²) in [7, 11) is 0. The second-order valence-electron chi connectivity index (χ2n) is 10.00. The maximum Gasteiger partial charge on any atom is 0.234 e. The Morgan fingerprint density at radius 2 is 1.90 bits per heavy atom. The minimum absolute atomic E-state index is 0.0186. The molecule has 2 bridgehead atoms. The van der Waals surface area contributed by atoms with E-state index in [1.165, 1.54) is 12.0 Å². The Morgan fingerprint density at radius 1 is 1.13 bits per heavy atom. The number of nitrogens with one attached hydrogen (secondary N) is 1. The summed E-state index contributed by atoms with van der Waals surface area (Å²) in [6.45, 7) is 8.51. The average molecular weight is 448 g/mol. The van der Waals surface area contributed by atoms with E-state index in [4.69, 9.17) is 19.2 Å². The number of thioether (sulfide) groups is 1. The number of fused-ring (bicyclic) bond motifs is 2. The number of carbonyl (C=O) groups excluding carboxylic acids is 1. The van der Waals surface area contributed by atoms with E-state index in [1.54, 1.807) is 11.8 Å². The largest absolute Gasteiger partial charge is 0.335 e. The SMILES string of the molecule is Cc1ccc(NC(=O)CS[C@@H]2O[C@@H]3O[C@]4(C)CC[C@H]5[C@H](C)CC[C@@H]([C@H]2C)[C@@]35OO4)cc1. The Morgan fingerprint density at radius 3 is 2.68 bits per heavy atom. The van der Waals surface area contributed by atoms with Crippen molar-refractivity contribution in [1.82, 2.24) is 0 Å². The highest BCUT2D eigenvalue weighted by Crippen LogP contribution is 2.61. The molecule has 5 aliphatic rings. The molecule has 31 heavy (non-hydrogen) atoms. The van der Waals surface area contributed by atoms with E-state index in [0.717, 1.165) is 24.9 Å². The van der Waals surface area contributed by atoms with Crippen molar-refractivity contribution in [2.75, 3.05) is 11.1 Å². The highest BCUT2D eigenvalue weighted by Gasteiger charge is 2.69. The molecule has 1 aliphatic carbocycles. The van der Waals surface area contributed by atoms with Crippen molar-refractivity contribution < 1.29 is 24.0 Å². The molecule has 1 saturated carbocycles. The number of hydrogen-bond acceptors (Lipinski definition) is 6. The number of ether oxygens (including phenoxy) is 2. The van der Waals surface area contributed by atoms with Crippen LogP contribution in [0, 0.1) is 30.6 Å². The quantitative estimate of drug-likeness (QED) is 0.664. The summed E-state index contributed by atoms with van der Waals surface area (Å²) >= 11 is 1.56. The molecule has 0 aromatic heterocycles. The molecule has 4 saturated heterocycles. The molecule has 7 heteroatoms. The predicted octanol–water partition coefficient (Wildman–Crippen LogP) is 4.87. The second-order valence-corrected chi connectivity index (χ2v) is 11.1. The van der Waals surface area contributed by atoms with Gasteiger partial charge in [-0.3, -0.25) is 4.79 Å². The van der Waals surface area contributed by atoms with Crippen LogP contribution in [0.2, 0.25) is 0 Å². The van der Waals surface area contributed by atoms with Gasteiger partial charge in [-0.2, -0.15) is 0 Å². The van der Waals surface area contributed by atoms with Crippen molar-refractivity contribution in [3.8, 4) is 0 Å². The van der Waals surface area contributed by atoms with E-state index in [9.17, 15) is 4.79 Å². The number of carbonyl (C=O) groups is 1. The second kappa shape index (κ2) is 8.03. The van der Waals surface area contributed by atoms with E-state index in [0.29, 0.717) is 17.6 Å². The Kier molecular flexibility index (Phi) is 5.62. The molecular weight excluding hydrogens is 414 g/mol. The molecule has 1 amide bonds. The van der Waals surface area contributed by atoms with Gasteiger partial charge >= 0.3 is 0 Å². The zero-order valence-electron chi connectivity index (χ0n) is 18.8. The lowest BCUT2D eigenvalue weighted by molar-refractivity contribution is -0.568. The molecule has 4 heterocycles. The van der Waals surface area contributed by atoms with E-state index in [2.05, 4.69) is 19.2 Å². The summed E-state index contributed by atoms with van der Waals surface area (Å²) in [5, 5.41) is 2.98. The third-order valence-electron chi connectivity index (χ3n) is 7.81. The van der Waals surface area contributed by atoms with Gasteiger partial charge in [0.05, 0.1) is 5.75 Å². The maximum atomic E-state index is 12.6. The smallest absolute Gasteiger partial charge is 0.234 e. The van der Waals surface area contributed by atoms with Gasteiger partial charge in [0.2, 0.25) is 11.7 Å². The lowest BCUT2D eigenvalue weighted by Crippen LogP contribution is -2.70. The fraction of sp³-hybridized carbons (Fsp3) is 0.708. The standard InChI is InChI=1S/C24H33NO5S/c1-14-5-8-17(9-6-14)25-20(26)13-31-21-16(3)19-10-7-15(2)18-11-12-23(4)28-22(27-21)24(18,19)30-29-23/h5-6,8-9,15-16,18-19,21-22H,7,10-13H2,1-4H3,(H,25,26)/t15-,16-,18+,19+,21+,22-,23+,24-/m1/s1. The van der Waals surface area contributed by atoms with Gasteiger partial charge in [-0.25, -0.2) is 9.78 Å². The van der Waals surface area contributed by atoms with Crippen molar-refractivity contribution in [3.05, 3.63) is 29.8 Å². The van der Waals surface area contributed by atoms with Gasteiger partial charge in [0.1, 0.15) is 5.44 Å². The van der Waals surface area contributed by atoms with Crippen molar-refractivity contribution in [2.45, 2.75) is 76.5 Å². The first-order chi connectivity index (χ1) is 14.8. The monoisotopic (exact) mass is 447 g/mol. The van der Waals surface area contributed by atoms with Crippen molar-refractivity contribution in [1.29, 1.82) is 0 Å². The van der Waals surface area contributed by atoms with Gasteiger partial charge in [0, 0.05) is 18.0 Å². The molecule has 1 N–H and O–H groups in total. The van der Waals surface area contributed by atoms with Gasteiger partial charge in [0.15, 0.2) is 11.9 Å². The van der Waals surface area contributed by atoms with Crippen LogP contribution < -0.4 is 5.32 Å². The molecule has 0 radical (unpaired) electrons. The molecule has 1 aromatic carbocycles. The number of hydrogen-bond donors (Lipinski definition) is 1. The van der Waals surface area contributed by atoms with E-state index >= 15 is 0 Å². The van der Waals surface area contributed by atoms with Crippen molar-refractivity contribution in [2.24, 2.45) is 23.7 Å². The van der Waals surface area contributed by atoms with Crippen molar-refractivity contribution >= 4 is 23.4 Å². The molecule has 6 nitrogen and oxygen atoms in total. The van der Waals surface area contributed by atoms with Crippen LogP contribution >= 0.6 is 11.8 Å². The van der Waals surface area contributed by atoms with Crippen LogP contribution in [0.4, 0.5) is 5.69 Å². The lowest BCUT2D eigenvalue weighted by atomic mass is 9.58. The molecule has 6 rings (SSSR count). The summed E-state index contributed by atoms with van der Waals surface area (Å²) in [6, 6.07) is 7.85. The fourth-order valence-corrected chi connectivity index (χ4v) is 7.11. The molecule has 170 valence electrons. The first-order valence-corrected chi connectivity index (χ1v) is 12.5. The van der Waals surface area contributed by atoms with Gasteiger partial charge < -0.3 is 14.8 Å². The minimum atomic E-state index is -0.768. The Labute approximate surface area is 188 Å². The van der Waals surface area contributed by atoms with Crippen LogP contribution in [0.3, 0.4) is 0 Å². The zero-order valence-corrected chi connectivity index (χ0v) is 19.6. The minimum Gasteiger partial charge on any atom is -0.335 e. The summed E-state index contributed by atoms with van der Waals surface area (Å²) in [4.78, 5) is 24.6. The Hall–Kier alpha value is -1.12. The van der Waals surface area contributed by atoms with Crippen LogP contribution in [0.25, 0.3) is 0 Å². The van der Waals surface area contributed by atoms with Crippen molar-refractivity contribution in [3.63, 3.8) is 0 Å². The molecule has 4 aliphatic heterocycles. The van der Waals surface area contributed by atoms with Crippen LogP contribution in [0.1, 0.15) is 52.0 Å². The van der Waals surface area contributed by atoms with E-state index < -0.39 is 17.7 Å². The number of benzene rings is 1. The first kappa shape index (κ1) is 21.7. The topological polar surface area (TPSA) is 66.0 Å². The van der Waals surface area contributed by atoms with Crippen LogP contribution in [0.5, 0.6) is 0 Å². The first-order valence-electron chi connectivity index (χ1n) is 11.5. The maximum absolute atomic E-state index is 12.6. The molecule has 5 fully saturated rings. The molecule has 1 spiro atoms. The van der Waals surface area contributed by atoms with Crippen LogP contribution in [-0.2, 0) is 24.0 Å². The number of anilines is 1. The third-order valence-corrected chi connectivity index (χ3v) is 9.11. The van der Waals surface area contributed by atoms with Gasteiger partial charge in [-0.05, 0) is 63.0 Å². The highest BCUT2D eigenvalue weighted by molar-refractivity contribution is 8.00. The molecule has 0 unspecified atom stereocenters. The van der Waals surface area contributed by atoms with E-state index in [-0.39, 0.29) is 23.2 Å². The number of amides is 1. The molecular formula is C24H33NO5S. The summed E-state index contributed by atoms with van der Waals surface area (Å²) in [5.74, 6) is 0.978. The summed E-state index contributed by atoms with van der Waals surface area (Å²) < 4.78 is 12.9. The van der Waals surface area contributed by atoms with E-state index in [1.807, 2.05) is 38.1 Å². The lowest BCUT2D eigenvalue weighted by Gasteiger charge is -2.60. The number of rotatable bonds is 4.